The van der Waals surface area contributed by atoms with Crippen molar-refractivity contribution in [2.24, 2.45) is 0 Å². The van der Waals surface area contributed by atoms with Gasteiger partial charge in [0.25, 0.3) is 10.1 Å². The molecule has 0 aromatic carbocycles. The minimum atomic E-state index is -4.37. The van der Waals surface area contributed by atoms with Crippen molar-refractivity contribution >= 4 is 16.0 Å². The van der Waals surface area contributed by atoms with Crippen LogP contribution in [0.3, 0.4) is 0 Å². The maximum Gasteiger partial charge on any atom is 0.267 e. The number of hydrogen-bond acceptors (Lipinski definition) is 4. The van der Waals surface area contributed by atoms with Gasteiger partial charge in [-0.25, -0.2) is 0 Å². The number of carbonyl (C=O) groups is 1. The Morgan fingerprint density at radius 1 is 0.622 bits per heavy atom. The van der Waals surface area contributed by atoms with Gasteiger partial charge in [-0.2, -0.15) is 8.42 Å². The van der Waals surface area contributed by atoms with Gasteiger partial charge in [-0.1, -0.05) is 151 Å². The van der Waals surface area contributed by atoms with Gasteiger partial charge in [0, 0.05) is 6.42 Å². The molecule has 0 aliphatic heterocycles. The van der Waals surface area contributed by atoms with E-state index in [1.165, 1.54) is 76.7 Å². The number of rotatable bonds is 30. The van der Waals surface area contributed by atoms with Gasteiger partial charge in [0.1, 0.15) is 0 Å². The largest absolute Gasteiger partial charge is 0.387 e. The van der Waals surface area contributed by atoms with Crippen molar-refractivity contribution in [3.05, 3.63) is 72.9 Å². The van der Waals surface area contributed by atoms with Crippen LogP contribution < -0.4 is 5.32 Å². The molecular formula is C38H65NO5S. The molecule has 0 bridgehead atoms. The molecule has 2 unspecified atom stereocenters. The van der Waals surface area contributed by atoms with Crippen LogP contribution in [-0.4, -0.2) is 41.9 Å². The van der Waals surface area contributed by atoms with Crippen LogP contribution in [0.25, 0.3) is 0 Å². The first-order valence-electron chi connectivity index (χ1n) is 17.6. The predicted octanol–water partition coefficient (Wildman–Crippen LogP) is 9.90. The average Bonchev–Trinajstić information content (AvgIpc) is 3.00. The molecule has 0 spiro atoms. The number of amides is 1. The molecule has 0 aliphatic rings. The second-order valence-electron chi connectivity index (χ2n) is 11.8. The van der Waals surface area contributed by atoms with Crippen molar-refractivity contribution < 1.29 is 22.9 Å². The summed E-state index contributed by atoms with van der Waals surface area (Å²) < 4.78 is 32.3. The van der Waals surface area contributed by atoms with Crippen LogP contribution in [0.4, 0.5) is 0 Å². The average molecular weight is 648 g/mol. The van der Waals surface area contributed by atoms with E-state index >= 15 is 0 Å². The third-order valence-electron chi connectivity index (χ3n) is 7.38. The molecule has 1 amide bonds. The molecular weight excluding hydrogens is 582 g/mol. The van der Waals surface area contributed by atoms with E-state index in [-0.39, 0.29) is 12.3 Å². The Labute approximate surface area is 276 Å². The third kappa shape index (κ3) is 33.0. The fraction of sp³-hybridized carbons (Fsp3) is 0.658. The summed E-state index contributed by atoms with van der Waals surface area (Å²) in [7, 11) is -4.37. The number of allylic oxidation sites excluding steroid dienone is 11. The van der Waals surface area contributed by atoms with E-state index in [9.17, 15) is 22.9 Å². The number of nitrogens with one attached hydrogen (secondary N) is 1. The first-order valence-corrected chi connectivity index (χ1v) is 19.2. The minimum absolute atomic E-state index is 0.163. The fourth-order valence-corrected chi connectivity index (χ4v) is 5.50. The number of aliphatic hydroxyl groups is 1. The van der Waals surface area contributed by atoms with Crippen molar-refractivity contribution in [3.8, 4) is 0 Å². The lowest BCUT2D eigenvalue weighted by atomic mass is 10.1. The molecule has 7 heteroatoms. The summed E-state index contributed by atoms with van der Waals surface area (Å²) >= 11 is 0. The molecule has 0 aliphatic carbocycles. The number of aliphatic hydroxyl groups excluding tert-OH is 1. The summed E-state index contributed by atoms with van der Waals surface area (Å²) in [6.45, 7) is 4.38. The Kier molecular flexibility index (Phi) is 30.2. The summed E-state index contributed by atoms with van der Waals surface area (Å²) in [5, 5.41) is 13.1. The molecule has 0 aromatic heterocycles. The molecule has 258 valence electrons. The molecule has 3 N–H and O–H groups in total. The monoisotopic (exact) mass is 647 g/mol. The highest BCUT2D eigenvalue weighted by molar-refractivity contribution is 7.85. The molecule has 0 saturated carbocycles. The van der Waals surface area contributed by atoms with Crippen LogP contribution in [0, 0.1) is 0 Å². The van der Waals surface area contributed by atoms with Gasteiger partial charge in [-0.05, 0) is 57.8 Å². The van der Waals surface area contributed by atoms with Crippen LogP contribution in [-0.2, 0) is 14.9 Å². The first-order chi connectivity index (χ1) is 21.8. The quantitative estimate of drug-likeness (QED) is 0.0409. The highest BCUT2D eigenvalue weighted by Crippen LogP contribution is 2.12. The molecule has 0 radical (unpaired) electrons. The second-order valence-corrected chi connectivity index (χ2v) is 13.3. The van der Waals surface area contributed by atoms with Crippen LogP contribution in [0.5, 0.6) is 0 Å². The molecule has 6 nitrogen and oxygen atoms in total. The second kappa shape index (κ2) is 31.7. The smallest absolute Gasteiger partial charge is 0.267 e. The number of hydrogen-bond donors (Lipinski definition) is 3. The van der Waals surface area contributed by atoms with Crippen LogP contribution in [0.2, 0.25) is 0 Å². The molecule has 0 fully saturated rings. The van der Waals surface area contributed by atoms with Gasteiger partial charge in [0.15, 0.2) is 0 Å². The first kappa shape index (κ1) is 42.8. The number of carbonyl (C=O) groups excluding carboxylic acids is 1. The van der Waals surface area contributed by atoms with Crippen LogP contribution >= 0.6 is 0 Å². The van der Waals surface area contributed by atoms with Crippen LogP contribution in [0.1, 0.15) is 142 Å². The van der Waals surface area contributed by atoms with Gasteiger partial charge in [0.2, 0.25) is 5.91 Å². The molecule has 0 rings (SSSR count). The Balaban J connectivity index is 4.18. The summed E-state index contributed by atoms with van der Waals surface area (Å²) in [6.07, 6.45) is 44.7. The zero-order valence-electron chi connectivity index (χ0n) is 28.5. The maximum atomic E-state index is 12.4. The van der Waals surface area contributed by atoms with Crippen LogP contribution in [0.15, 0.2) is 72.9 Å². The predicted molar refractivity (Wildman–Crippen MR) is 193 cm³/mol. The molecule has 2 atom stereocenters. The van der Waals surface area contributed by atoms with E-state index in [2.05, 4.69) is 67.8 Å². The highest BCUT2D eigenvalue weighted by atomic mass is 32.2. The standard InChI is InChI=1S/C38H65NO5S/c1-3-5-7-9-11-13-15-17-18-19-20-22-23-25-27-29-31-33-37(40)36(35-45(42,43)44)39-38(41)34-32-30-28-26-24-21-16-14-12-10-8-6-4-2/h6,8,12,14,21,23-25,28,30-31,33,36-37,40H,3-5,7,9-11,13,15-20,22,26-27,29,32,34-35H2,1-2H3,(H,39,41)(H,42,43,44)/b8-6-,14-12-,24-21-,25-23+,30-28-,33-31+. The van der Waals surface area contributed by atoms with Crippen molar-refractivity contribution in [1.82, 2.24) is 5.32 Å². The van der Waals surface area contributed by atoms with Crippen molar-refractivity contribution in [2.45, 2.75) is 154 Å². The summed E-state index contributed by atoms with van der Waals surface area (Å²) in [6, 6.07) is -1.11. The molecule has 0 aromatic rings. The third-order valence-corrected chi connectivity index (χ3v) is 8.16. The van der Waals surface area contributed by atoms with Gasteiger partial charge >= 0.3 is 0 Å². The Bertz CT molecular complexity index is 978. The van der Waals surface area contributed by atoms with E-state index < -0.39 is 28.0 Å². The SMILES string of the molecule is CC/C=C\C/C=C\C/C=C\C/C=C\CCC(=O)NC(CS(=O)(=O)O)C(O)/C=C/CC/C=C/CCCCCCCCCCCCC. The van der Waals surface area contributed by atoms with Crippen molar-refractivity contribution in [1.29, 1.82) is 0 Å². The normalized spacial score (nSPS) is 14.3. The fourth-order valence-electron chi connectivity index (χ4n) is 4.77. The molecule has 45 heavy (non-hydrogen) atoms. The van der Waals surface area contributed by atoms with E-state index in [0.29, 0.717) is 12.8 Å². The van der Waals surface area contributed by atoms with Crippen molar-refractivity contribution in [3.63, 3.8) is 0 Å². The minimum Gasteiger partial charge on any atom is -0.387 e. The van der Waals surface area contributed by atoms with E-state index in [1.54, 1.807) is 6.08 Å². The maximum absolute atomic E-state index is 12.4. The van der Waals surface area contributed by atoms with Gasteiger partial charge < -0.3 is 10.4 Å². The van der Waals surface area contributed by atoms with Crippen molar-refractivity contribution in [2.75, 3.05) is 5.75 Å². The molecule has 0 heterocycles. The van der Waals surface area contributed by atoms with Gasteiger partial charge in [0.05, 0.1) is 17.9 Å². The van der Waals surface area contributed by atoms with E-state index in [0.717, 1.165) is 38.5 Å². The van der Waals surface area contributed by atoms with E-state index in [1.807, 2.05) is 12.2 Å². The summed E-state index contributed by atoms with van der Waals surface area (Å²) in [5.74, 6) is -1.11. The lowest BCUT2D eigenvalue weighted by Gasteiger charge is -2.20. The van der Waals surface area contributed by atoms with E-state index in [4.69, 9.17) is 0 Å². The number of unbranched alkanes of at least 4 members (excludes halogenated alkanes) is 12. The van der Waals surface area contributed by atoms with Gasteiger partial charge in [-0.3, -0.25) is 9.35 Å². The highest BCUT2D eigenvalue weighted by Gasteiger charge is 2.24. The summed E-state index contributed by atoms with van der Waals surface area (Å²) in [5.41, 5.74) is 0. The Morgan fingerprint density at radius 2 is 1.09 bits per heavy atom. The zero-order valence-corrected chi connectivity index (χ0v) is 29.3. The Hall–Kier alpha value is -2.22. The topological polar surface area (TPSA) is 104 Å². The Morgan fingerprint density at radius 3 is 1.64 bits per heavy atom. The molecule has 0 saturated heterocycles. The lowest BCUT2D eigenvalue weighted by molar-refractivity contribution is -0.122. The summed E-state index contributed by atoms with van der Waals surface area (Å²) in [4.78, 5) is 12.4. The lowest BCUT2D eigenvalue weighted by Crippen LogP contribution is -2.46. The van der Waals surface area contributed by atoms with Gasteiger partial charge in [-0.15, -0.1) is 0 Å². The zero-order chi connectivity index (χ0) is 33.3.